The van der Waals surface area contributed by atoms with Gasteiger partial charge in [-0.25, -0.2) is 0 Å². The molecule has 0 atom stereocenters. The van der Waals surface area contributed by atoms with E-state index in [0.717, 1.165) is 16.2 Å². The first-order valence-electron chi connectivity index (χ1n) is 10.1. The molecule has 1 aliphatic rings. The average Bonchev–Trinajstić information content (AvgIpc) is 3.00. The summed E-state index contributed by atoms with van der Waals surface area (Å²) in [5.41, 5.74) is 1.76. The van der Waals surface area contributed by atoms with Crippen LogP contribution in [0.3, 0.4) is 0 Å². The van der Waals surface area contributed by atoms with Crippen LogP contribution in [0.2, 0.25) is 0 Å². The summed E-state index contributed by atoms with van der Waals surface area (Å²) in [6.45, 7) is 2.55. The Morgan fingerprint density at radius 2 is 1.45 bits per heavy atom. The number of imide groups is 1. The molecule has 0 saturated carbocycles. The molecule has 0 bridgehead atoms. The highest BCUT2D eigenvalue weighted by Gasteiger charge is 2.36. The van der Waals surface area contributed by atoms with Crippen LogP contribution >= 0.6 is 0 Å². The molecule has 0 aromatic heterocycles. The third-order valence-corrected chi connectivity index (χ3v) is 4.79. The van der Waals surface area contributed by atoms with Crippen molar-refractivity contribution in [2.24, 2.45) is 0 Å². The van der Waals surface area contributed by atoms with Crippen molar-refractivity contribution in [1.29, 1.82) is 0 Å². The van der Waals surface area contributed by atoms with Crippen molar-refractivity contribution >= 4 is 23.6 Å². The van der Waals surface area contributed by atoms with Gasteiger partial charge in [-0.05, 0) is 37.6 Å². The minimum atomic E-state index is -0.475. The van der Waals surface area contributed by atoms with E-state index in [9.17, 15) is 19.2 Å². The molecule has 0 aliphatic carbocycles. The molecular formula is C23H25N3O5. The highest BCUT2D eigenvalue weighted by Crippen LogP contribution is 2.21. The largest absolute Gasteiger partial charge is 0.494 e. The van der Waals surface area contributed by atoms with Crippen molar-refractivity contribution in [2.45, 2.75) is 19.8 Å². The topological polar surface area (TPSA) is 105 Å². The molecule has 2 aromatic carbocycles. The first-order chi connectivity index (χ1) is 15.0. The van der Waals surface area contributed by atoms with E-state index in [2.05, 4.69) is 10.6 Å². The molecule has 4 amide bonds. The normalized spacial score (nSPS) is 12.5. The van der Waals surface area contributed by atoms with Crippen LogP contribution in [0.1, 0.15) is 39.1 Å². The Hall–Kier alpha value is -3.68. The van der Waals surface area contributed by atoms with Gasteiger partial charge in [0.05, 0.1) is 17.7 Å². The van der Waals surface area contributed by atoms with Gasteiger partial charge in [0.2, 0.25) is 11.8 Å². The minimum Gasteiger partial charge on any atom is -0.494 e. The quantitative estimate of drug-likeness (QED) is 0.447. The van der Waals surface area contributed by atoms with Crippen LogP contribution in [0, 0.1) is 6.92 Å². The lowest BCUT2D eigenvalue weighted by atomic mass is 10.1. The number of carbonyl (C=O) groups excluding carboxylic acids is 4. The fourth-order valence-electron chi connectivity index (χ4n) is 3.13. The summed E-state index contributed by atoms with van der Waals surface area (Å²) in [5, 5.41) is 5.31. The molecular weight excluding hydrogens is 398 g/mol. The van der Waals surface area contributed by atoms with Crippen LogP contribution < -0.4 is 15.4 Å². The summed E-state index contributed by atoms with van der Waals surface area (Å²) >= 11 is 0. The molecule has 1 aliphatic heterocycles. The number of ether oxygens (including phenoxy) is 1. The molecule has 0 saturated heterocycles. The van der Waals surface area contributed by atoms with E-state index >= 15 is 0 Å². The number of rotatable bonds is 10. The summed E-state index contributed by atoms with van der Waals surface area (Å²) in [7, 11) is 0. The third-order valence-electron chi connectivity index (χ3n) is 4.79. The van der Waals surface area contributed by atoms with Crippen LogP contribution in [-0.4, -0.2) is 54.8 Å². The van der Waals surface area contributed by atoms with Crippen LogP contribution in [0.25, 0.3) is 0 Å². The van der Waals surface area contributed by atoms with E-state index in [4.69, 9.17) is 4.74 Å². The zero-order chi connectivity index (χ0) is 22.2. The molecule has 162 valence electrons. The van der Waals surface area contributed by atoms with Gasteiger partial charge in [0.25, 0.3) is 11.8 Å². The van der Waals surface area contributed by atoms with E-state index in [1.54, 1.807) is 24.3 Å². The second-order valence-electron chi connectivity index (χ2n) is 7.21. The smallest absolute Gasteiger partial charge is 0.262 e. The number of benzene rings is 2. The molecule has 2 N–H and O–H groups in total. The maximum Gasteiger partial charge on any atom is 0.262 e. The average molecular weight is 423 g/mol. The molecule has 1 heterocycles. The number of hydrogen-bond acceptors (Lipinski definition) is 5. The molecule has 2 aromatic rings. The van der Waals surface area contributed by atoms with Gasteiger partial charge in [0.1, 0.15) is 12.3 Å². The molecule has 8 nitrogen and oxygen atoms in total. The monoisotopic (exact) mass is 423 g/mol. The SMILES string of the molecule is Cc1ccc(OCCCC(=O)NCCNC(=O)CN2C(=O)c3ccccc3C2=O)cc1. The van der Waals surface area contributed by atoms with E-state index in [1.807, 2.05) is 31.2 Å². The van der Waals surface area contributed by atoms with Gasteiger partial charge in [-0.15, -0.1) is 0 Å². The summed E-state index contributed by atoms with van der Waals surface area (Å²) < 4.78 is 5.58. The molecule has 31 heavy (non-hydrogen) atoms. The van der Waals surface area contributed by atoms with Crippen molar-refractivity contribution in [2.75, 3.05) is 26.2 Å². The van der Waals surface area contributed by atoms with E-state index in [1.165, 1.54) is 0 Å². The van der Waals surface area contributed by atoms with E-state index in [0.29, 0.717) is 30.6 Å². The van der Waals surface area contributed by atoms with Crippen molar-refractivity contribution in [1.82, 2.24) is 15.5 Å². The van der Waals surface area contributed by atoms with Crippen molar-refractivity contribution in [3.8, 4) is 5.75 Å². The van der Waals surface area contributed by atoms with Crippen molar-refractivity contribution < 1.29 is 23.9 Å². The number of aryl methyl sites for hydroxylation is 1. The van der Waals surface area contributed by atoms with Gasteiger partial charge in [-0.1, -0.05) is 29.8 Å². The van der Waals surface area contributed by atoms with E-state index in [-0.39, 0.29) is 25.5 Å². The van der Waals surface area contributed by atoms with Gasteiger partial charge >= 0.3 is 0 Å². The summed E-state index contributed by atoms with van der Waals surface area (Å²) in [4.78, 5) is 49.3. The predicted molar refractivity (Wildman–Crippen MR) is 114 cm³/mol. The zero-order valence-corrected chi connectivity index (χ0v) is 17.3. The second kappa shape index (κ2) is 10.4. The highest BCUT2D eigenvalue weighted by molar-refractivity contribution is 6.22. The molecule has 8 heteroatoms. The Morgan fingerprint density at radius 1 is 0.871 bits per heavy atom. The van der Waals surface area contributed by atoms with Crippen LogP contribution in [0.5, 0.6) is 5.75 Å². The predicted octanol–water partition coefficient (Wildman–Crippen LogP) is 1.68. The lowest BCUT2D eigenvalue weighted by Gasteiger charge is -2.13. The van der Waals surface area contributed by atoms with Gasteiger partial charge in [-0.3, -0.25) is 24.1 Å². The first-order valence-corrected chi connectivity index (χ1v) is 10.1. The Balaban J connectivity index is 1.28. The first kappa shape index (κ1) is 22.0. The highest BCUT2D eigenvalue weighted by atomic mass is 16.5. The maximum atomic E-state index is 12.3. The third kappa shape index (κ3) is 5.91. The molecule has 0 radical (unpaired) electrons. The number of nitrogens with zero attached hydrogens (tertiary/aromatic N) is 1. The molecule has 0 fully saturated rings. The standard InChI is InChI=1S/C23H25N3O5/c1-16-8-10-17(11-9-16)31-14-4-7-20(27)24-12-13-25-21(28)15-26-22(29)18-5-2-3-6-19(18)23(26)30/h2-3,5-6,8-11H,4,7,12-15H2,1H3,(H,24,27)(H,25,28). The van der Waals surface area contributed by atoms with Crippen LogP contribution in [0.15, 0.2) is 48.5 Å². The number of nitrogens with one attached hydrogen (secondary N) is 2. The summed E-state index contributed by atoms with van der Waals surface area (Å²) in [5.74, 6) is -0.780. The number of fused-ring (bicyclic) bond motifs is 1. The zero-order valence-electron chi connectivity index (χ0n) is 17.3. The summed E-state index contributed by atoms with van der Waals surface area (Å²) in [6, 6.07) is 14.2. The van der Waals surface area contributed by atoms with Crippen molar-refractivity contribution in [3.63, 3.8) is 0 Å². The van der Waals surface area contributed by atoms with E-state index < -0.39 is 17.7 Å². The fraction of sp³-hybridized carbons (Fsp3) is 0.304. The molecule has 0 unspecified atom stereocenters. The lowest BCUT2D eigenvalue weighted by molar-refractivity contribution is -0.123. The summed E-state index contributed by atoms with van der Waals surface area (Å²) in [6.07, 6.45) is 0.890. The van der Waals surface area contributed by atoms with Gasteiger partial charge in [0, 0.05) is 19.5 Å². The number of amides is 4. The Morgan fingerprint density at radius 3 is 2.06 bits per heavy atom. The number of carbonyl (C=O) groups is 4. The van der Waals surface area contributed by atoms with Gasteiger partial charge in [0.15, 0.2) is 0 Å². The second-order valence-corrected chi connectivity index (χ2v) is 7.21. The molecule has 3 rings (SSSR count). The van der Waals surface area contributed by atoms with Crippen LogP contribution in [0.4, 0.5) is 0 Å². The van der Waals surface area contributed by atoms with Crippen molar-refractivity contribution in [3.05, 3.63) is 65.2 Å². The number of hydrogen-bond donors (Lipinski definition) is 2. The Kier molecular flexibility index (Phi) is 7.37. The van der Waals surface area contributed by atoms with Crippen LogP contribution in [-0.2, 0) is 9.59 Å². The Bertz CT molecular complexity index is 936. The Labute approximate surface area is 180 Å². The fourth-order valence-corrected chi connectivity index (χ4v) is 3.13. The maximum absolute atomic E-state index is 12.3. The van der Waals surface area contributed by atoms with Gasteiger partial charge < -0.3 is 15.4 Å². The van der Waals surface area contributed by atoms with Gasteiger partial charge in [-0.2, -0.15) is 0 Å². The molecule has 0 spiro atoms. The lowest BCUT2D eigenvalue weighted by Crippen LogP contribution is -2.42. The minimum absolute atomic E-state index is 0.137.